The molecule has 13 aromatic rings. The first-order chi connectivity index (χ1) is 38.7. The Morgan fingerprint density at radius 1 is 0.321 bits per heavy atom. The molecule has 3 aliphatic rings. The van der Waals surface area contributed by atoms with Crippen LogP contribution in [0.1, 0.15) is 22.3 Å². The van der Waals surface area contributed by atoms with Gasteiger partial charge in [-0.3, -0.25) is 0 Å². The summed E-state index contributed by atoms with van der Waals surface area (Å²) in [6.45, 7) is 0. The Bertz CT molecular complexity index is 4450. The van der Waals surface area contributed by atoms with Gasteiger partial charge in [-0.25, -0.2) is 0 Å². The van der Waals surface area contributed by atoms with E-state index in [4.69, 9.17) is 9.15 Å². The molecule has 0 atom stereocenters. The van der Waals surface area contributed by atoms with Crippen molar-refractivity contribution in [2.24, 2.45) is 0 Å². The van der Waals surface area contributed by atoms with Gasteiger partial charge in [-0.15, -0.1) is 0 Å². The summed E-state index contributed by atoms with van der Waals surface area (Å²) in [5.74, 6) is 1.56. The van der Waals surface area contributed by atoms with Gasteiger partial charge in [-0.1, -0.05) is 200 Å². The van der Waals surface area contributed by atoms with Crippen molar-refractivity contribution in [2.45, 2.75) is 5.41 Å². The van der Waals surface area contributed by atoms with Crippen molar-refractivity contribution in [1.82, 2.24) is 0 Å². The van der Waals surface area contributed by atoms with Gasteiger partial charge in [-0.2, -0.15) is 0 Å². The molecule has 5 heteroatoms. The standard InChI is InChI=1S/C73H47N3O2/c1-4-20-48(21-5-1)50-38-40-53(41-39-50)74(52-24-8-3-9-25-52)55-44-51(49-22-6-2-7-23-49)45-56(46-55)75(67-35-18-29-60-59-28-12-17-36-68(59)78-72(60)67)54-42-43-66-70(47-54)77-69-37-19-33-64-71(69)76(66)65-34-16-15-32-63(65)73(64)61-30-13-10-26-57(61)58-27-11-14-31-62(58)73/h1-47H. The molecule has 1 spiro atoms. The lowest BCUT2D eigenvalue weighted by Gasteiger charge is -2.47. The fourth-order valence-corrected chi connectivity index (χ4v) is 12.9. The molecule has 0 amide bonds. The van der Waals surface area contributed by atoms with Crippen LogP contribution in [-0.4, -0.2) is 0 Å². The van der Waals surface area contributed by atoms with E-state index >= 15 is 0 Å². The number of hydrogen-bond acceptors (Lipinski definition) is 5. The Morgan fingerprint density at radius 3 is 1.62 bits per heavy atom. The first-order valence-electron chi connectivity index (χ1n) is 26.6. The third-order valence-corrected chi connectivity index (χ3v) is 16.2. The number of hydrogen-bond donors (Lipinski definition) is 0. The van der Waals surface area contributed by atoms with Crippen LogP contribution in [0.2, 0.25) is 0 Å². The van der Waals surface area contributed by atoms with Gasteiger partial charge in [0.2, 0.25) is 0 Å². The molecule has 0 N–H and O–H groups in total. The number of benzene rings is 12. The second-order valence-electron chi connectivity index (χ2n) is 20.4. The normalized spacial score (nSPS) is 13.1. The maximum absolute atomic E-state index is 7.33. The highest BCUT2D eigenvalue weighted by atomic mass is 16.5. The highest BCUT2D eigenvalue weighted by Gasteiger charge is 2.53. The smallest absolute Gasteiger partial charge is 0.159 e. The van der Waals surface area contributed by atoms with Gasteiger partial charge in [0.05, 0.1) is 33.9 Å². The van der Waals surface area contributed by atoms with Crippen molar-refractivity contribution < 1.29 is 9.15 Å². The van der Waals surface area contributed by atoms with E-state index < -0.39 is 5.41 Å². The maximum Gasteiger partial charge on any atom is 0.159 e. The van der Waals surface area contributed by atoms with Crippen LogP contribution in [0, 0.1) is 0 Å². The molecule has 0 saturated heterocycles. The predicted molar refractivity (Wildman–Crippen MR) is 320 cm³/mol. The monoisotopic (exact) mass is 997 g/mol. The highest BCUT2D eigenvalue weighted by Crippen LogP contribution is 2.67. The van der Waals surface area contributed by atoms with Gasteiger partial charge in [0.1, 0.15) is 5.58 Å². The van der Waals surface area contributed by atoms with Gasteiger partial charge >= 0.3 is 0 Å². The number of nitrogens with zero attached hydrogens (tertiary/aromatic N) is 3. The molecule has 0 radical (unpaired) electrons. The fourth-order valence-electron chi connectivity index (χ4n) is 12.9. The van der Waals surface area contributed by atoms with E-state index in [1.807, 2.05) is 6.07 Å². The van der Waals surface area contributed by atoms with E-state index in [1.165, 1.54) is 38.9 Å². The van der Waals surface area contributed by atoms with E-state index in [2.05, 4.69) is 294 Å². The summed E-state index contributed by atoms with van der Waals surface area (Å²) in [6, 6.07) is 103. The molecular formula is C73H47N3O2. The average molecular weight is 998 g/mol. The molecule has 366 valence electrons. The number of para-hydroxylation sites is 5. The molecule has 16 rings (SSSR count). The number of ether oxygens (including phenoxy) is 1. The largest absolute Gasteiger partial charge is 0.454 e. The molecule has 0 fully saturated rings. The fraction of sp³-hybridized carbons (Fsp3) is 0.0137. The van der Waals surface area contributed by atoms with Crippen molar-refractivity contribution in [3.05, 3.63) is 307 Å². The first kappa shape index (κ1) is 44.0. The zero-order valence-corrected chi connectivity index (χ0v) is 42.3. The van der Waals surface area contributed by atoms with E-state index in [-0.39, 0.29) is 0 Å². The van der Waals surface area contributed by atoms with Crippen molar-refractivity contribution in [3.63, 3.8) is 0 Å². The van der Waals surface area contributed by atoms with Crippen LogP contribution in [0.15, 0.2) is 290 Å². The molecule has 1 aromatic heterocycles. The SMILES string of the molecule is c1ccc(-c2ccc(N(c3ccccc3)c3cc(-c4ccccc4)cc(N(c4ccc5c(c4)Oc4cccc6c4N5c4ccccc4C64c5ccccc5-c5ccccc54)c4cccc5c4oc4ccccc45)c3)cc2)cc1. The second-order valence-corrected chi connectivity index (χ2v) is 20.4. The number of rotatable bonds is 8. The summed E-state index contributed by atoms with van der Waals surface area (Å²) in [5, 5.41) is 2.11. The minimum atomic E-state index is -0.548. The van der Waals surface area contributed by atoms with Crippen molar-refractivity contribution in [3.8, 4) is 44.9 Å². The predicted octanol–water partition coefficient (Wildman–Crippen LogP) is 20.1. The van der Waals surface area contributed by atoms with E-state index in [0.29, 0.717) is 0 Å². The van der Waals surface area contributed by atoms with E-state index in [9.17, 15) is 0 Å². The van der Waals surface area contributed by atoms with Crippen LogP contribution < -0.4 is 19.4 Å². The lowest BCUT2D eigenvalue weighted by Crippen LogP contribution is -2.37. The Kier molecular flexibility index (Phi) is 9.78. The maximum atomic E-state index is 7.33. The van der Waals surface area contributed by atoms with Gasteiger partial charge < -0.3 is 23.9 Å². The zero-order chi connectivity index (χ0) is 51.3. The van der Waals surface area contributed by atoms with Crippen molar-refractivity contribution >= 4 is 73.1 Å². The molecule has 5 nitrogen and oxygen atoms in total. The molecule has 0 bridgehead atoms. The average Bonchev–Trinajstić information content (AvgIpc) is 4.15. The number of fused-ring (bicyclic) bond motifs is 14. The summed E-state index contributed by atoms with van der Waals surface area (Å²) in [6.07, 6.45) is 0. The van der Waals surface area contributed by atoms with Gasteiger partial charge in [-0.05, 0) is 134 Å². The lowest BCUT2D eigenvalue weighted by atomic mass is 9.64. The van der Waals surface area contributed by atoms with E-state index in [1.54, 1.807) is 0 Å². The quantitative estimate of drug-likeness (QED) is 0.151. The third-order valence-electron chi connectivity index (χ3n) is 16.2. The Labute approximate surface area is 452 Å². The molecule has 0 saturated carbocycles. The summed E-state index contributed by atoms with van der Waals surface area (Å²) >= 11 is 0. The summed E-state index contributed by atoms with van der Waals surface area (Å²) < 4.78 is 14.3. The van der Waals surface area contributed by atoms with Gasteiger partial charge in [0.25, 0.3) is 0 Å². The number of furan rings is 1. The second kappa shape index (κ2) is 17.4. The highest BCUT2D eigenvalue weighted by molar-refractivity contribution is 6.11. The molecule has 1 aliphatic carbocycles. The van der Waals surface area contributed by atoms with Crippen molar-refractivity contribution in [1.29, 1.82) is 0 Å². The number of anilines is 9. The van der Waals surface area contributed by atoms with Gasteiger partial charge in [0, 0.05) is 39.6 Å². The van der Waals surface area contributed by atoms with Crippen molar-refractivity contribution in [2.75, 3.05) is 14.7 Å². The molecule has 2 aliphatic heterocycles. The van der Waals surface area contributed by atoms with Crippen LogP contribution >= 0.6 is 0 Å². The summed E-state index contributed by atoms with van der Waals surface area (Å²) in [7, 11) is 0. The molecule has 12 aromatic carbocycles. The molecular weight excluding hydrogens is 951 g/mol. The van der Waals surface area contributed by atoms with E-state index in [0.717, 1.165) is 101 Å². The summed E-state index contributed by atoms with van der Waals surface area (Å²) in [5.41, 5.74) is 22.1. The molecule has 0 unspecified atom stereocenters. The third kappa shape index (κ3) is 6.55. The topological polar surface area (TPSA) is 32.1 Å². The minimum Gasteiger partial charge on any atom is -0.454 e. The Morgan fingerprint density at radius 2 is 0.872 bits per heavy atom. The van der Waals surface area contributed by atoms with Crippen LogP contribution in [0.3, 0.4) is 0 Å². The molecule has 3 heterocycles. The van der Waals surface area contributed by atoms with Gasteiger partial charge in [0.15, 0.2) is 17.1 Å². The zero-order valence-electron chi connectivity index (χ0n) is 42.3. The van der Waals surface area contributed by atoms with Crippen LogP contribution in [-0.2, 0) is 5.41 Å². The lowest BCUT2D eigenvalue weighted by molar-refractivity contribution is 0.474. The van der Waals surface area contributed by atoms with Crippen LogP contribution in [0.25, 0.3) is 55.3 Å². The Hall–Kier alpha value is -10.4. The van der Waals surface area contributed by atoms with Crippen LogP contribution in [0.4, 0.5) is 51.2 Å². The minimum absolute atomic E-state index is 0.548. The summed E-state index contributed by atoms with van der Waals surface area (Å²) in [4.78, 5) is 7.15. The molecule has 78 heavy (non-hydrogen) atoms. The van der Waals surface area contributed by atoms with Crippen LogP contribution in [0.5, 0.6) is 11.5 Å². The Balaban J connectivity index is 0.916. The first-order valence-corrected chi connectivity index (χ1v) is 26.6.